The summed E-state index contributed by atoms with van der Waals surface area (Å²) in [6.45, 7) is 0. The first-order valence-corrected chi connectivity index (χ1v) is 5.46. The second-order valence-electron chi connectivity index (χ2n) is 2.72. The van der Waals surface area contributed by atoms with Gasteiger partial charge < -0.3 is 10.2 Å². The lowest BCUT2D eigenvalue weighted by Gasteiger charge is -2.05. The maximum atomic E-state index is 6.00. The lowest BCUT2D eigenvalue weighted by atomic mass is 10.1. The van der Waals surface area contributed by atoms with E-state index in [1.54, 1.807) is 23.9 Å². The molecule has 0 aliphatic heterocycles. The van der Waals surface area contributed by atoms with Crippen LogP contribution in [-0.2, 0) is 0 Å². The summed E-state index contributed by atoms with van der Waals surface area (Å²) in [5, 5.41) is 2.04. The number of hydrogen-bond acceptors (Lipinski definition) is 3. The van der Waals surface area contributed by atoms with E-state index in [2.05, 4.69) is 15.9 Å². The van der Waals surface area contributed by atoms with E-state index in [1.807, 2.05) is 17.5 Å². The molecule has 13 heavy (non-hydrogen) atoms. The molecule has 0 aliphatic rings. The van der Waals surface area contributed by atoms with E-state index >= 15 is 0 Å². The van der Waals surface area contributed by atoms with Crippen LogP contribution in [-0.4, -0.2) is 0 Å². The van der Waals surface area contributed by atoms with Crippen LogP contribution in [0.15, 0.2) is 38.2 Å². The number of rotatable bonds is 2. The summed E-state index contributed by atoms with van der Waals surface area (Å²) in [6, 6.07) is 3.83. The maximum Gasteiger partial charge on any atom is 0.0953 e. The van der Waals surface area contributed by atoms with Crippen molar-refractivity contribution in [2.75, 3.05) is 0 Å². The highest BCUT2D eigenvalue weighted by molar-refractivity contribution is 9.11. The van der Waals surface area contributed by atoms with Crippen LogP contribution < -0.4 is 5.73 Å². The van der Waals surface area contributed by atoms with Gasteiger partial charge in [-0.25, -0.2) is 0 Å². The maximum absolute atomic E-state index is 6.00. The van der Waals surface area contributed by atoms with Crippen molar-refractivity contribution < 1.29 is 4.42 Å². The number of furan rings is 1. The third kappa shape index (κ3) is 1.85. The van der Waals surface area contributed by atoms with Gasteiger partial charge >= 0.3 is 0 Å². The summed E-state index contributed by atoms with van der Waals surface area (Å²) in [4.78, 5) is 0. The first-order chi connectivity index (χ1) is 6.27. The Labute approximate surface area is 88.5 Å². The van der Waals surface area contributed by atoms with Crippen LogP contribution in [0.2, 0.25) is 0 Å². The van der Waals surface area contributed by atoms with Gasteiger partial charge in [-0.1, -0.05) is 0 Å². The molecule has 0 aliphatic carbocycles. The van der Waals surface area contributed by atoms with Crippen LogP contribution in [0.25, 0.3) is 0 Å². The fourth-order valence-electron chi connectivity index (χ4n) is 1.13. The molecule has 2 aromatic rings. The predicted molar refractivity (Wildman–Crippen MR) is 56.8 cm³/mol. The van der Waals surface area contributed by atoms with Gasteiger partial charge in [-0.15, -0.1) is 11.3 Å². The standard InChI is InChI=1S/C9H8BrNOS/c10-8-3-7(5-13-8)9(11)6-1-2-12-4-6/h1-5,9H,11H2. The molecule has 1 atom stereocenters. The Morgan fingerprint density at radius 2 is 2.31 bits per heavy atom. The van der Waals surface area contributed by atoms with Gasteiger partial charge in [-0.3, -0.25) is 0 Å². The third-order valence-corrected chi connectivity index (χ3v) is 3.37. The Bertz CT molecular complexity index is 382. The zero-order chi connectivity index (χ0) is 9.26. The molecule has 2 nitrogen and oxygen atoms in total. The second-order valence-corrected chi connectivity index (χ2v) is 5.01. The molecule has 1 unspecified atom stereocenters. The lowest BCUT2D eigenvalue weighted by Crippen LogP contribution is -2.09. The van der Waals surface area contributed by atoms with Crippen molar-refractivity contribution in [3.63, 3.8) is 0 Å². The summed E-state index contributed by atoms with van der Waals surface area (Å²) in [6.07, 6.45) is 3.31. The van der Waals surface area contributed by atoms with Gasteiger partial charge in [-0.2, -0.15) is 0 Å². The van der Waals surface area contributed by atoms with E-state index in [0.717, 1.165) is 14.9 Å². The number of thiophene rings is 1. The van der Waals surface area contributed by atoms with Crippen LogP contribution in [0.5, 0.6) is 0 Å². The van der Waals surface area contributed by atoms with Crippen molar-refractivity contribution in [2.24, 2.45) is 5.73 Å². The molecule has 68 valence electrons. The first kappa shape index (κ1) is 8.99. The molecular formula is C9H8BrNOS. The van der Waals surface area contributed by atoms with Gasteiger partial charge in [0.05, 0.1) is 22.4 Å². The smallest absolute Gasteiger partial charge is 0.0953 e. The Balaban J connectivity index is 2.28. The summed E-state index contributed by atoms with van der Waals surface area (Å²) >= 11 is 5.04. The quantitative estimate of drug-likeness (QED) is 0.898. The van der Waals surface area contributed by atoms with E-state index in [9.17, 15) is 0 Å². The van der Waals surface area contributed by atoms with Crippen molar-refractivity contribution in [1.82, 2.24) is 0 Å². The number of hydrogen-bond donors (Lipinski definition) is 1. The summed E-state index contributed by atoms with van der Waals surface area (Å²) in [5.41, 5.74) is 8.11. The van der Waals surface area contributed by atoms with Gasteiger partial charge in [0.25, 0.3) is 0 Å². The van der Waals surface area contributed by atoms with Crippen molar-refractivity contribution in [1.29, 1.82) is 0 Å². The van der Waals surface area contributed by atoms with E-state index in [1.165, 1.54) is 0 Å². The highest BCUT2D eigenvalue weighted by Crippen LogP contribution is 2.27. The number of halogens is 1. The molecule has 0 bridgehead atoms. The molecular weight excluding hydrogens is 250 g/mol. The predicted octanol–water partition coefficient (Wildman–Crippen LogP) is 3.15. The van der Waals surface area contributed by atoms with Gasteiger partial charge in [0.15, 0.2) is 0 Å². The topological polar surface area (TPSA) is 39.2 Å². The molecule has 0 radical (unpaired) electrons. The second kappa shape index (κ2) is 3.65. The molecule has 0 spiro atoms. The Hall–Kier alpha value is -0.580. The fraction of sp³-hybridized carbons (Fsp3) is 0.111. The molecule has 0 saturated carbocycles. The normalized spacial score (nSPS) is 13.1. The van der Waals surface area contributed by atoms with E-state index in [4.69, 9.17) is 10.2 Å². The minimum atomic E-state index is -0.0821. The van der Waals surface area contributed by atoms with Crippen LogP contribution in [0.3, 0.4) is 0 Å². The molecule has 0 saturated heterocycles. The molecule has 2 rings (SSSR count). The van der Waals surface area contributed by atoms with Gasteiger partial charge in [0, 0.05) is 5.56 Å². The van der Waals surface area contributed by atoms with Crippen LogP contribution >= 0.6 is 27.3 Å². The Kier molecular flexibility index (Phi) is 2.53. The molecule has 2 aromatic heterocycles. The summed E-state index contributed by atoms with van der Waals surface area (Å²) < 4.78 is 6.07. The third-order valence-electron chi connectivity index (χ3n) is 1.85. The minimum absolute atomic E-state index is 0.0821. The minimum Gasteiger partial charge on any atom is -0.472 e. The molecule has 0 amide bonds. The zero-order valence-corrected chi connectivity index (χ0v) is 9.14. The van der Waals surface area contributed by atoms with Crippen LogP contribution in [0.1, 0.15) is 17.2 Å². The van der Waals surface area contributed by atoms with Crippen LogP contribution in [0, 0.1) is 0 Å². The van der Waals surface area contributed by atoms with E-state index < -0.39 is 0 Å². The van der Waals surface area contributed by atoms with Crippen molar-refractivity contribution in [3.05, 3.63) is 45.0 Å². The summed E-state index contributed by atoms with van der Waals surface area (Å²) in [5.74, 6) is 0. The molecule has 0 aromatic carbocycles. The van der Waals surface area contributed by atoms with E-state index in [0.29, 0.717) is 0 Å². The Morgan fingerprint density at radius 3 is 2.85 bits per heavy atom. The van der Waals surface area contributed by atoms with Gasteiger partial charge in [-0.05, 0) is 39.0 Å². The fourth-order valence-corrected chi connectivity index (χ4v) is 2.34. The molecule has 2 heterocycles. The number of nitrogens with two attached hydrogens (primary N) is 1. The highest BCUT2D eigenvalue weighted by Gasteiger charge is 2.11. The molecule has 0 fully saturated rings. The average molecular weight is 258 g/mol. The zero-order valence-electron chi connectivity index (χ0n) is 6.74. The summed E-state index contributed by atoms with van der Waals surface area (Å²) in [7, 11) is 0. The van der Waals surface area contributed by atoms with Gasteiger partial charge in [0.1, 0.15) is 0 Å². The SMILES string of the molecule is NC(c1ccoc1)c1csc(Br)c1. The highest BCUT2D eigenvalue weighted by atomic mass is 79.9. The lowest BCUT2D eigenvalue weighted by molar-refractivity contribution is 0.562. The Morgan fingerprint density at radius 1 is 1.46 bits per heavy atom. The van der Waals surface area contributed by atoms with Gasteiger partial charge in [0.2, 0.25) is 0 Å². The van der Waals surface area contributed by atoms with Crippen molar-refractivity contribution in [2.45, 2.75) is 6.04 Å². The average Bonchev–Trinajstić information content (AvgIpc) is 2.72. The monoisotopic (exact) mass is 257 g/mol. The first-order valence-electron chi connectivity index (χ1n) is 3.79. The molecule has 4 heteroatoms. The van der Waals surface area contributed by atoms with E-state index in [-0.39, 0.29) is 6.04 Å². The molecule has 2 N–H and O–H groups in total. The van der Waals surface area contributed by atoms with Crippen LogP contribution in [0.4, 0.5) is 0 Å². The van der Waals surface area contributed by atoms with Crippen molar-refractivity contribution >= 4 is 27.3 Å². The van der Waals surface area contributed by atoms with Crippen molar-refractivity contribution in [3.8, 4) is 0 Å². The largest absolute Gasteiger partial charge is 0.472 e.